The number of rotatable bonds is 6. The molecule has 1 aromatic carbocycles. The van der Waals surface area contributed by atoms with E-state index in [0.717, 1.165) is 11.5 Å². The molecular formula is C15H22N2O2S. The Morgan fingerprint density at radius 2 is 2.00 bits per heavy atom. The van der Waals surface area contributed by atoms with E-state index in [4.69, 9.17) is 0 Å². The zero-order valence-electron chi connectivity index (χ0n) is 12.0. The second-order valence-electron chi connectivity index (χ2n) is 5.48. The molecule has 1 aliphatic rings. The molecule has 0 aromatic heterocycles. The van der Waals surface area contributed by atoms with Crippen LogP contribution in [0.15, 0.2) is 24.3 Å². The van der Waals surface area contributed by atoms with E-state index in [0.29, 0.717) is 12.3 Å². The van der Waals surface area contributed by atoms with E-state index in [2.05, 4.69) is 34.9 Å². The van der Waals surface area contributed by atoms with Crippen molar-refractivity contribution in [3.63, 3.8) is 0 Å². The molecule has 1 saturated carbocycles. The molecule has 0 saturated heterocycles. The first-order chi connectivity index (χ1) is 9.54. The number of benzene rings is 1. The van der Waals surface area contributed by atoms with E-state index < -0.39 is 10.8 Å². The minimum absolute atomic E-state index is 0.0851. The van der Waals surface area contributed by atoms with Crippen molar-refractivity contribution >= 4 is 16.8 Å². The summed E-state index contributed by atoms with van der Waals surface area (Å²) >= 11 is 0. The van der Waals surface area contributed by atoms with Crippen LogP contribution in [-0.4, -0.2) is 28.3 Å². The zero-order valence-corrected chi connectivity index (χ0v) is 12.8. The monoisotopic (exact) mass is 294 g/mol. The van der Waals surface area contributed by atoms with Gasteiger partial charge in [0.15, 0.2) is 0 Å². The Morgan fingerprint density at radius 1 is 1.35 bits per heavy atom. The van der Waals surface area contributed by atoms with Gasteiger partial charge in [-0.1, -0.05) is 24.3 Å². The van der Waals surface area contributed by atoms with Gasteiger partial charge in [-0.15, -0.1) is 0 Å². The summed E-state index contributed by atoms with van der Waals surface area (Å²) in [6, 6.07) is 8.13. The van der Waals surface area contributed by atoms with Crippen LogP contribution >= 0.6 is 0 Å². The molecule has 0 spiro atoms. The van der Waals surface area contributed by atoms with Crippen LogP contribution in [0.2, 0.25) is 0 Å². The first kappa shape index (κ1) is 15.0. The lowest BCUT2D eigenvalue weighted by Crippen LogP contribution is -2.42. The molecule has 0 radical (unpaired) electrons. The second-order valence-corrected chi connectivity index (χ2v) is 6.96. The number of urea groups is 1. The van der Waals surface area contributed by atoms with E-state index in [9.17, 15) is 9.00 Å². The molecule has 2 rings (SSSR count). The molecule has 0 bridgehead atoms. The minimum atomic E-state index is -0.896. The lowest BCUT2D eigenvalue weighted by molar-refractivity contribution is 0.238. The summed E-state index contributed by atoms with van der Waals surface area (Å²) in [6.45, 7) is 2.37. The maximum absolute atomic E-state index is 11.7. The van der Waals surface area contributed by atoms with E-state index in [1.807, 2.05) is 6.92 Å². The summed E-state index contributed by atoms with van der Waals surface area (Å²) in [6.07, 6.45) is 4.24. The van der Waals surface area contributed by atoms with Crippen molar-refractivity contribution in [1.82, 2.24) is 10.6 Å². The van der Waals surface area contributed by atoms with Crippen LogP contribution in [0.5, 0.6) is 0 Å². The van der Waals surface area contributed by atoms with Crippen LogP contribution in [0.1, 0.15) is 36.8 Å². The summed E-state index contributed by atoms with van der Waals surface area (Å²) in [5.74, 6) is 1.24. The fourth-order valence-corrected chi connectivity index (χ4v) is 2.96. The average molecular weight is 294 g/mol. The van der Waals surface area contributed by atoms with Crippen LogP contribution < -0.4 is 10.6 Å². The molecular weight excluding hydrogens is 272 g/mol. The highest BCUT2D eigenvalue weighted by atomic mass is 32.2. The summed E-state index contributed by atoms with van der Waals surface area (Å²) in [7, 11) is -0.896. The van der Waals surface area contributed by atoms with Gasteiger partial charge in [0, 0.05) is 35.4 Å². The SMILES string of the molecule is C[C@H](C[S@](C)=O)NC(=O)NCc1ccc(C2CC2)cc1. The number of carbonyl (C=O) groups is 1. The number of carbonyl (C=O) groups excluding carboxylic acids is 1. The van der Waals surface area contributed by atoms with E-state index in [1.54, 1.807) is 6.26 Å². The van der Waals surface area contributed by atoms with Crippen molar-refractivity contribution in [2.45, 2.75) is 38.3 Å². The van der Waals surface area contributed by atoms with Crippen LogP contribution in [-0.2, 0) is 17.3 Å². The summed E-state index contributed by atoms with van der Waals surface area (Å²) < 4.78 is 11.0. The molecule has 2 N–H and O–H groups in total. The standard InChI is InChI=1S/C15H22N2O2S/c1-11(10-20(2)19)17-15(18)16-9-12-3-5-13(6-4-12)14-7-8-14/h3-6,11,14H,7-10H2,1-2H3,(H2,16,17,18)/t11-,20+/m1/s1. The molecule has 1 aromatic rings. The molecule has 2 amide bonds. The van der Waals surface area contributed by atoms with Crippen molar-refractivity contribution in [3.8, 4) is 0 Å². The van der Waals surface area contributed by atoms with Gasteiger partial charge in [-0.05, 0) is 36.8 Å². The van der Waals surface area contributed by atoms with Gasteiger partial charge in [0.1, 0.15) is 0 Å². The molecule has 5 heteroatoms. The fraction of sp³-hybridized carbons (Fsp3) is 0.533. The van der Waals surface area contributed by atoms with Gasteiger partial charge in [0.25, 0.3) is 0 Å². The first-order valence-electron chi connectivity index (χ1n) is 6.98. The summed E-state index contributed by atoms with van der Waals surface area (Å²) in [5, 5.41) is 5.60. The maximum Gasteiger partial charge on any atom is 0.315 e. The predicted molar refractivity (Wildman–Crippen MR) is 82.2 cm³/mol. The lowest BCUT2D eigenvalue weighted by Gasteiger charge is -2.13. The molecule has 1 fully saturated rings. The molecule has 1 aliphatic carbocycles. The van der Waals surface area contributed by atoms with Crippen molar-refractivity contribution in [3.05, 3.63) is 35.4 Å². The van der Waals surface area contributed by atoms with Gasteiger partial charge >= 0.3 is 6.03 Å². The molecule has 110 valence electrons. The normalized spacial score (nSPS) is 17.3. The molecule has 0 aliphatic heterocycles. The summed E-state index contributed by atoms with van der Waals surface area (Å²) in [4.78, 5) is 11.7. The van der Waals surface area contributed by atoms with Crippen LogP contribution in [0.25, 0.3) is 0 Å². The number of hydrogen-bond donors (Lipinski definition) is 2. The van der Waals surface area contributed by atoms with Gasteiger partial charge in [0.2, 0.25) is 0 Å². The number of nitrogens with one attached hydrogen (secondary N) is 2. The largest absolute Gasteiger partial charge is 0.335 e. The molecule has 4 nitrogen and oxygen atoms in total. The summed E-state index contributed by atoms with van der Waals surface area (Å²) in [5.41, 5.74) is 2.49. The highest BCUT2D eigenvalue weighted by Crippen LogP contribution is 2.39. The van der Waals surface area contributed by atoms with Crippen LogP contribution in [0.3, 0.4) is 0 Å². The minimum Gasteiger partial charge on any atom is -0.335 e. The van der Waals surface area contributed by atoms with Gasteiger partial charge in [-0.2, -0.15) is 0 Å². The van der Waals surface area contributed by atoms with Crippen LogP contribution in [0, 0.1) is 0 Å². The topological polar surface area (TPSA) is 58.2 Å². The first-order valence-corrected chi connectivity index (χ1v) is 8.70. The Hall–Kier alpha value is -1.36. The van der Waals surface area contributed by atoms with E-state index in [-0.39, 0.29) is 12.1 Å². The molecule has 0 heterocycles. The highest BCUT2D eigenvalue weighted by Gasteiger charge is 2.22. The van der Waals surface area contributed by atoms with Crippen LogP contribution in [0.4, 0.5) is 4.79 Å². The van der Waals surface area contributed by atoms with Crippen molar-refractivity contribution in [2.75, 3.05) is 12.0 Å². The third-order valence-electron chi connectivity index (χ3n) is 3.34. The average Bonchev–Trinajstić information content (AvgIpc) is 3.20. The second kappa shape index (κ2) is 6.88. The number of amides is 2. The Balaban J connectivity index is 1.73. The van der Waals surface area contributed by atoms with Gasteiger partial charge < -0.3 is 10.6 Å². The highest BCUT2D eigenvalue weighted by molar-refractivity contribution is 7.84. The van der Waals surface area contributed by atoms with Crippen molar-refractivity contribution in [1.29, 1.82) is 0 Å². The molecule has 20 heavy (non-hydrogen) atoms. The Labute approximate surface area is 122 Å². The third-order valence-corrected chi connectivity index (χ3v) is 4.31. The Bertz CT molecular complexity index is 483. The zero-order chi connectivity index (χ0) is 14.5. The van der Waals surface area contributed by atoms with Gasteiger partial charge in [0.05, 0.1) is 0 Å². The fourth-order valence-electron chi connectivity index (χ4n) is 2.18. The van der Waals surface area contributed by atoms with Crippen molar-refractivity contribution < 1.29 is 9.00 Å². The maximum atomic E-state index is 11.7. The van der Waals surface area contributed by atoms with E-state index >= 15 is 0 Å². The Kier molecular flexibility index (Phi) is 5.17. The Morgan fingerprint density at radius 3 is 2.55 bits per heavy atom. The number of hydrogen-bond acceptors (Lipinski definition) is 2. The van der Waals surface area contributed by atoms with Crippen molar-refractivity contribution in [2.24, 2.45) is 0 Å². The third kappa shape index (κ3) is 4.96. The van der Waals surface area contributed by atoms with Gasteiger partial charge in [-0.3, -0.25) is 4.21 Å². The lowest BCUT2D eigenvalue weighted by atomic mass is 10.1. The van der Waals surface area contributed by atoms with Gasteiger partial charge in [-0.25, -0.2) is 4.79 Å². The smallest absolute Gasteiger partial charge is 0.315 e. The molecule has 2 atom stereocenters. The predicted octanol–water partition coefficient (Wildman–Crippen LogP) is 2.13. The quantitative estimate of drug-likeness (QED) is 0.844. The molecule has 0 unspecified atom stereocenters. The van der Waals surface area contributed by atoms with E-state index in [1.165, 1.54) is 18.4 Å².